The quantitative estimate of drug-likeness (QED) is 0.905. The van der Waals surface area contributed by atoms with Crippen LogP contribution in [-0.4, -0.2) is 49.2 Å². The van der Waals surface area contributed by atoms with Crippen molar-refractivity contribution in [3.05, 3.63) is 41.3 Å². The van der Waals surface area contributed by atoms with Gasteiger partial charge in [-0.15, -0.1) is 0 Å². The number of nitrogens with zero attached hydrogens (tertiary/aromatic N) is 3. The Labute approximate surface area is 148 Å². The lowest BCUT2D eigenvalue weighted by Gasteiger charge is -2.34. The van der Waals surface area contributed by atoms with E-state index in [9.17, 15) is 4.79 Å². The Balaban J connectivity index is 1.52. The molecule has 25 heavy (non-hydrogen) atoms. The van der Waals surface area contributed by atoms with Crippen LogP contribution in [0.15, 0.2) is 28.8 Å². The van der Waals surface area contributed by atoms with Crippen molar-refractivity contribution in [1.29, 1.82) is 0 Å². The van der Waals surface area contributed by atoms with Crippen LogP contribution in [0.3, 0.4) is 0 Å². The van der Waals surface area contributed by atoms with E-state index in [1.807, 2.05) is 26.0 Å². The van der Waals surface area contributed by atoms with Gasteiger partial charge in [-0.05, 0) is 51.6 Å². The molecule has 1 N–H and O–H groups in total. The van der Waals surface area contributed by atoms with Crippen molar-refractivity contribution in [2.45, 2.75) is 26.7 Å². The molecule has 134 valence electrons. The number of carbonyl (C=O) groups excluding carboxylic acids is 1. The fourth-order valence-electron chi connectivity index (χ4n) is 3.14. The molecule has 2 aromatic rings. The van der Waals surface area contributed by atoms with E-state index < -0.39 is 0 Å². The van der Waals surface area contributed by atoms with Crippen LogP contribution in [0.2, 0.25) is 0 Å². The minimum absolute atomic E-state index is 0.00680. The van der Waals surface area contributed by atoms with Gasteiger partial charge < -0.3 is 19.6 Å². The number of amides is 1. The molecule has 6 heteroatoms. The van der Waals surface area contributed by atoms with Crippen molar-refractivity contribution < 1.29 is 9.32 Å². The monoisotopic (exact) mass is 342 g/mol. The number of nitrogens with one attached hydrogen (secondary N) is 1. The summed E-state index contributed by atoms with van der Waals surface area (Å²) < 4.78 is 5.13. The first-order chi connectivity index (χ1) is 12.0. The summed E-state index contributed by atoms with van der Waals surface area (Å²) in [5.41, 5.74) is 3.94. The van der Waals surface area contributed by atoms with E-state index in [-0.39, 0.29) is 5.91 Å². The summed E-state index contributed by atoms with van der Waals surface area (Å²) in [5.74, 6) is 0.800. The smallest absolute Gasteiger partial charge is 0.224 e. The first-order valence-corrected chi connectivity index (χ1v) is 8.78. The molecule has 1 aliphatic heterocycles. The van der Waals surface area contributed by atoms with Crippen molar-refractivity contribution in [3.63, 3.8) is 0 Å². The van der Waals surface area contributed by atoms with Gasteiger partial charge in [-0.3, -0.25) is 4.79 Å². The maximum absolute atomic E-state index is 12.2. The zero-order valence-corrected chi connectivity index (χ0v) is 15.2. The van der Waals surface area contributed by atoms with Crippen LogP contribution < -0.4 is 10.2 Å². The molecule has 1 amide bonds. The number of aryl methyl sites for hydroxylation is 2. The van der Waals surface area contributed by atoms with E-state index in [4.69, 9.17) is 4.52 Å². The highest BCUT2D eigenvalue weighted by molar-refractivity contribution is 5.91. The van der Waals surface area contributed by atoms with Gasteiger partial charge in [-0.25, -0.2) is 0 Å². The van der Waals surface area contributed by atoms with E-state index in [1.54, 1.807) is 0 Å². The van der Waals surface area contributed by atoms with Gasteiger partial charge in [0, 0.05) is 49.5 Å². The van der Waals surface area contributed by atoms with Gasteiger partial charge in [-0.2, -0.15) is 0 Å². The lowest BCUT2D eigenvalue weighted by Crippen LogP contribution is -2.44. The van der Waals surface area contributed by atoms with E-state index in [2.05, 4.69) is 39.5 Å². The standard InChI is InChI=1S/C19H26N4O2/c1-14-18(15(2)25-21-14)8-9-19(24)20-16-4-6-17(7-5-16)23-12-10-22(3)11-13-23/h4-7H,8-13H2,1-3H3,(H,20,24). The molecule has 0 unspecified atom stereocenters. The molecular weight excluding hydrogens is 316 g/mol. The van der Waals surface area contributed by atoms with Crippen LogP contribution in [0.1, 0.15) is 23.4 Å². The first-order valence-electron chi connectivity index (χ1n) is 8.78. The summed E-state index contributed by atoms with van der Waals surface area (Å²) in [5, 5.41) is 6.89. The van der Waals surface area contributed by atoms with E-state index in [0.717, 1.165) is 48.9 Å². The number of hydrogen-bond donors (Lipinski definition) is 1. The van der Waals surface area contributed by atoms with Crippen molar-refractivity contribution in [2.75, 3.05) is 43.4 Å². The average Bonchev–Trinajstić information content (AvgIpc) is 2.93. The number of piperazine rings is 1. The average molecular weight is 342 g/mol. The van der Waals surface area contributed by atoms with Crippen LogP contribution in [0, 0.1) is 13.8 Å². The zero-order valence-electron chi connectivity index (χ0n) is 15.2. The summed E-state index contributed by atoms with van der Waals surface area (Å²) in [6.45, 7) is 8.03. The number of likely N-dealkylation sites (N-methyl/N-ethyl adjacent to an activating group) is 1. The third-order valence-electron chi connectivity index (χ3n) is 4.80. The molecule has 0 spiro atoms. The predicted molar refractivity (Wildman–Crippen MR) is 99.1 cm³/mol. The second-order valence-electron chi connectivity index (χ2n) is 6.69. The molecule has 0 radical (unpaired) electrons. The van der Waals surface area contributed by atoms with Crippen LogP contribution in [0.4, 0.5) is 11.4 Å². The molecule has 1 fully saturated rings. The largest absolute Gasteiger partial charge is 0.369 e. The van der Waals surface area contributed by atoms with Gasteiger partial charge in [0.1, 0.15) is 5.76 Å². The van der Waals surface area contributed by atoms with Crippen molar-refractivity contribution in [3.8, 4) is 0 Å². The molecule has 3 rings (SSSR count). The maximum Gasteiger partial charge on any atom is 0.224 e. The lowest BCUT2D eigenvalue weighted by atomic mass is 10.1. The Morgan fingerprint density at radius 3 is 2.44 bits per heavy atom. The van der Waals surface area contributed by atoms with Crippen molar-refractivity contribution >= 4 is 17.3 Å². The highest BCUT2D eigenvalue weighted by Gasteiger charge is 2.14. The number of benzene rings is 1. The van der Waals surface area contributed by atoms with Gasteiger partial charge in [0.2, 0.25) is 5.91 Å². The summed E-state index contributed by atoms with van der Waals surface area (Å²) in [7, 11) is 2.15. The Morgan fingerprint density at radius 2 is 1.84 bits per heavy atom. The van der Waals surface area contributed by atoms with E-state index in [0.29, 0.717) is 12.8 Å². The normalized spacial score (nSPS) is 15.4. The Kier molecular flexibility index (Phi) is 5.38. The Bertz CT molecular complexity index is 696. The van der Waals surface area contributed by atoms with Gasteiger partial charge in [0.25, 0.3) is 0 Å². The highest BCUT2D eigenvalue weighted by atomic mass is 16.5. The van der Waals surface area contributed by atoms with Crippen LogP contribution in [-0.2, 0) is 11.2 Å². The third kappa shape index (κ3) is 4.39. The predicted octanol–water partition coefficient (Wildman–Crippen LogP) is 2.61. The molecule has 0 bridgehead atoms. The first kappa shape index (κ1) is 17.5. The minimum Gasteiger partial charge on any atom is -0.369 e. The molecule has 0 saturated carbocycles. The maximum atomic E-state index is 12.2. The minimum atomic E-state index is 0.00680. The summed E-state index contributed by atoms with van der Waals surface area (Å²) in [6, 6.07) is 8.10. The lowest BCUT2D eigenvalue weighted by molar-refractivity contribution is -0.116. The van der Waals surface area contributed by atoms with Gasteiger partial charge >= 0.3 is 0 Å². The fourth-order valence-corrected chi connectivity index (χ4v) is 3.14. The van der Waals surface area contributed by atoms with Crippen LogP contribution in [0.5, 0.6) is 0 Å². The number of carbonyl (C=O) groups is 1. The molecule has 0 aliphatic carbocycles. The number of hydrogen-bond acceptors (Lipinski definition) is 5. The topological polar surface area (TPSA) is 61.6 Å². The molecule has 6 nitrogen and oxygen atoms in total. The summed E-state index contributed by atoms with van der Waals surface area (Å²) in [4.78, 5) is 16.9. The number of aromatic nitrogens is 1. The van der Waals surface area contributed by atoms with E-state index >= 15 is 0 Å². The number of anilines is 2. The molecule has 1 aliphatic rings. The second kappa shape index (κ2) is 7.70. The molecule has 1 saturated heterocycles. The molecule has 1 aromatic heterocycles. The second-order valence-corrected chi connectivity index (χ2v) is 6.69. The van der Waals surface area contributed by atoms with Crippen LogP contribution >= 0.6 is 0 Å². The molecular formula is C19H26N4O2. The molecule has 2 heterocycles. The summed E-state index contributed by atoms with van der Waals surface area (Å²) in [6.07, 6.45) is 1.06. The summed E-state index contributed by atoms with van der Waals surface area (Å²) >= 11 is 0. The van der Waals surface area contributed by atoms with Crippen molar-refractivity contribution in [1.82, 2.24) is 10.1 Å². The zero-order chi connectivity index (χ0) is 17.8. The molecule has 0 atom stereocenters. The molecule has 1 aromatic carbocycles. The van der Waals surface area contributed by atoms with Gasteiger partial charge in [0.15, 0.2) is 0 Å². The third-order valence-corrected chi connectivity index (χ3v) is 4.80. The Hall–Kier alpha value is -2.34. The van der Waals surface area contributed by atoms with E-state index in [1.165, 1.54) is 5.69 Å². The number of rotatable bonds is 5. The van der Waals surface area contributed by atoms with Gasteiger partial charge in [0.05, 0.1) is 5.69 Å². The fraction of sp³-hybridized carbons (Fsp3) is 0.474. The highest BCUT2D eigenvalue weighted by Crippen LogP contribution is 2.20. The van der Waals surface area contributed by atoms with Crippen molar-refractivity contribution in [2.24, 2.45) is 0 Å². The Morgan fingerprint density at radius 1 is 1.16 bits per heavy atom. The SMILES string of the molecule is Cc1noc(C)c1CCC(=O)Nc1ccc(N2CCN(C)CC2)cc1. The van der Waals surface area contributed by atoms with Gasteiger partial charge in [-0.1, -0.05) is 5.16 Å². The van der Waals surface area contributed by atoms with Crippen LogP contribution in [0.25, 0.3) is 0 Å².